The van der Waals surface area contributed by atoms with Gasteiger partial charge in [0.05, 0.1) is 0 Å². The predicted molar refractivity (Wildman–Crippen MR) is 58.9 cm³/mol. The Morgan fingerprint density at radius 1 is 1.54 bits per heavy atom. The van der Waals surface area contributed by atoms with E-state index < -0.39 is 0 Å². The number of thioether (sulfide) groups is 1. The maximum atomic E-state index is 11.1. The van der Waals surface area contributed by atoms with Crippen LogP contribution in [0.1, 0.15) is 26.2 Å². The summed E-state index contributed by atoms with van der Waals surface area (Å²) in [7, 11) is 0. The largest absolute Gasteiger partial charge is 0.356 e. The number of hydrogen-bond donors (Lipinski definition) is 2. The van der Waals surface area contributed by atoms with Gasteiger partial charge in [-0.3, -0.25) is 4.79 Å². The van der Waals surface area contributed by atoms with Crippen LogP contribution in [0, 0.1) is 0 Å². The number of carbonyl (C=O) groups is 1. The van der Waals surface area contributed by atoms with Crippen molar-refractivity contribution in [3.8, 4) is 0 Å². The minimum absolute atomic E-state index is 0.0359. The third-order valence-electron chi connectivity index (χ3n) is 1.60. The van der Waals surface area contributed by atoms with Crippen LogP contribution in [0.2, 0.25) is 0 Å². The van der Waals surface area contributed by atoms with E-state index >= 15 is 0 Å². The van der Waals surface area contributed by atoms with Gasteiger partial charge >= 0.3 is 0 Å². The summed E-state index contributed by atoms with van der Waals surface area (Å²) >= 11 is 1.84. The fourth-order valence-corrected chi connectivity index (χ4v) is 1.46. The van der Waals surface area contributed by atoms with Crippen LogP contribution in [0.5, 0.6) is 0 Å². The molecule has 0 bridgehead atoms. The monoisotopic (exact) mass is 204 g/mol. The Bertz CT molecular complexity index is 140. The topological polar surface area (TPSA) is 55.1 Å². The van der Waals surface area contributed by atoms with E-state index in [-0.39, 0.29) is 11.9 Å². The lowest BCUT2D eigenvalue weighted by molar-refractivity contribution is -0.121. The standard InChI is InChI=1S/C9H20N2OS/c1-8(10)7-9(12)11-5-3-4-6-13-2/h8H,3-7,10H2,1-2H3,(H,11,12). The van der Waals surface area contributed by atoms with Gasteiger partial charge in [-0.1, -0.05) is 0 Å². The molecule has 3 nitrogen and oxygen atoms in total. The first-order valence-electron chi connectivity index (χ1n) is 4.68. The Labute approximate surface area is 84.8 Å². The van der Waals surface area contributed by atoms with E-state index in [1.54, 1.807) is 0 Å². The minimum atomic E-state index is -0.0359. The second kappa shape index (κ2) is 8.38. The van der Waals surface area contributed by atoms with E-state index in [1.807, 2.05) is 18.7 Å². The lowest BCUT2D eigenvalue weighted by Gasteiger charge is -2.06. The summed E-state index contributed by atoms with van der Waals surface area (Å²) in [4.78, 5) is 11.1. The first-order chi connectivity index (χ1) is 6.16. The van der Waals surface area contributed by atoms with Gasteiger partial charge in [0.15, 0.2) is 0 Å². The van der Waals surface area contributed by atoms with Crippen LogP contribution in [0.15, 0.2) is 0 Å². The summed E-state index contributed by atoms with van der Waals surface area (Å²) in [6.07, 6.45) is 4.75. The Hall–Kier alpha value is -0.220. The molecule has 0 heterocycles. The normalized spacial score (nSPS) is 12.5. The number of rotatable bonds is 7. The van der Waals surface area contributed by atoms with Crippen LogP contribution < -0.4 is 11.1 Å². The molecular formula is C9H20N2OS. The van der Waals surface area contributed by atoms with Gasteiger partial charge in [-0.05, 0) is 31.8 Å². The molecule has 0 fully saturated rings. The zero-order chi connectivity index (χ0) is 10.1. The van der Waals surface area contributed by atoms with Gasteiger partial charge in [0.2, 0.25) is 5.91 Å². The van der Waals surface area contributed by atoms with Crippen molar-refractivity contribution in [2.24, 2.45) is 5.73 Å². The van der Waals surface area contributed by atoms with Crippen molar-refractivity contribution < 1.29 is 4.79 Å². The van der Waals surface area contributed by atoms with Crippen LogP contribution >= 0.6 is 11.8 Å². The molecule has 0 aromatic heterocycles. The second-order valence-electron chi connectivity index (χ2n) is 3.23. The quantitative estimate of drug-likeness (QED) is 0.608. The Morgan fingerprint density at radius 2 is 2.23 bits per heavy atom. The number of nitrogens with two attached hydrogens (primary N) is 1. The summed E-state index contributed by atoms with van der Waals surface area (Å²) in [6.45, 7) is 2.62. The Kier molecular flexibility index (Phi) is 8.24. The first kappa shape index (κ1) is 12.8. The van der Waals surface area contributed by atoms with Gasteiger partial charge in [-0.2, -0.15) is 11.8 Å². The fraction of sp³-hybridized carbons (Fsp3) is 0.889. The van der Waals surface area contributed by atoms with E-state index in [0.717, 1.165) is 13.0 Å². The van der Waals surface area contributed by atoms with Gasteiger partial charge in [0.1, 0.15) is 0 Å². The molecule has 0 saturated heterocycles. The van der Waals surface area contributed by atoms with Crippen molar-refractivity contribution >= 4 is 17.7 Å². The number of unbranched alkanes of at least 4 members (excludes halogenated alkanes) is 1. The average molecular weight is 204 g/mol. The van der Waals surface area contributed by atoms with Crippen LogP contribution in [-0.4, -0.2) is 30.5 Å². The van der Waals surface area contributed by atoms with E-state index in [0.29, 0.717) is 6.42 Å². The third kappa shape index (κ3) is 9.70. The average Bonchev–Trinajstić information content (AvgIpc) is 2.02. The van der Waals surface area contributed by atoms with E-state index in [4.69, 9.17) is 5.73 Å². The highest BCUT2D eigenvalue weighted by Gasteiger charge is 2.02. The number of amides is 1. The van der Waals surface area contributed by atoms with Crippen molar-refractivity contribution in [1.82, 2.24) is 5.32 Å². The molecule has 0 aliphatic carbocycles. The lowest BCUT2D eigenvalue weighted by atomic mass is 10.2. The van der Waals surface area contributed by atoms with Crippen LogP contribution in [-0.2, 0) is 4.79 Å². The van der Waals surface area contributed by atoms with Crippen molar-refractivity contribution in [2.45, 2.75) is 32.2 Å². The van der Waals surface area contributed by atoms with E-state index in [9.17, 15) is 4.79 Å². The smallest absolute Gasteiger partial charge is 0.221 e. The van der Waals surface area contributed by atoms with Gasteiger partial charge in [0, 0.05) is 19.0 Å². The zero-order valence-corrected chi connectivity index (χ0v) is 9.32. The molecule has 0 rings (SSSR count). The molecule has 4 heteroatoms. The van der Waals surface area contributed by atoms with Gasteiger partial charge in [-0.25, -0.2) is 0 Å². The molecule has 0 aromatic rings. The molecule has 0 spiro atoms. The molecular weight excluding hydrogens is 184 g/mol. The molecule has 0 radical (unpaired) electrons. The molecule has 0 aliphatic heterocycles. The highest BCUT2D eigenvalue weighted by Crippen LogP contribution is 1.97. The van der Waals surface area contributed by atoms with Crippen molar-refractivity contribution in [2.75, 3.05) is 18.6 Å². The second-order valence-corrected chi connectivity index (χ2v) is 4.22. The SMILES string of the molecule is CSCCCCNC(=O)CC(C)N. The molecule has 78 valence electrons. The fourth-order valence-electron chi connectivity index (χ4n) is 0.964. The van der Waals surface area contributed by atoms with Crippen molar-refractivity contribution in [3.63, 3.8) is 0 Å². The number of nitrogens with one attached hydrogen (secondary N) is 1. The van der Waals surface area contributed by atoms with Crippen molar-refractivity contribution in [3.05, 3.63) is 0 Å². The zero-order valence-electron chi connectivity index (χ0n) is 8.51. The van der Waals surface area contributed by atoms with Crippen LogP contribution in [0.4, 0.5) is 0 Å². The molecule has 1 amide bonds. The maximum Gasteiger partial charge on any atom is 0.221 e. The maximum absolute atomic E-state index is 11.1. The summed E-state index contributed by atoms with van der Waals surface area (Å²) < 4.78 is 0. The Morgan fingerprint density at radius 3 is 2.77 bits per heavy atom. The summed E-state index contributed by atoms with van der Waals surface area (Å²) in [6, 6.07) is -0.0359. The lowest BCUT2D eigenvalue weighted by Crippen LogP contribution is -2.30. The predicted octanol–water partition coefficient (Wildman–Crippen LogP) is 0.983. The summed E-state index contributed by atoms with van der Waals surface area (Å²) in [5.41, 5.74) is 5.48. The first-order valence-corrected chi connectivity index (χ1v) is 6.07. The number of hydrogen-bond acceptors (Lipinski definition) is 3. The summed E-state index contributed by atoms with van der Waals surface area (Å²) in [5, 5.41) is 2.84. The van der Waals surface area contributed by atoms with Gasteiger partial charge in [0.25, 0.3) is 0 Å². The Balaban J connectivity index is 3.17. The van der Waals surface area contributed by atoms with Crippen LogP contribution in [0.25, 0.3) is 0 Å². The summed E-state index contributed by atoms with van der Waals surface area (Å²) in [5.74, 6) is 1.24. The third-order valence-corrected chi connectivity index (χ3v) is 2.30. The van der Waals surface area contributed by atoms with E-state index in [2.05, 4.69) is 11.6 Å². The molecule has 1 unspecified atom stereocenters. The highest BCUT2D eigenvalue weighted by atomic mass is 32.2. The highest BCUT2D eigenvalue weighted by molar-refractivity contribution is 7.98. The molecule has 3 N–H and O–H groups in total. The van der Waals surface area contributed by atoms with Gasteiger partial charge < -0.3 is 11.1 Å². The minimum Gasteiger partial charge on any atom is -0.356 e. The molecule has 0 saturated carbocycles. The van der Waals surface area contributed by atoms with Crippen molar-refractivity contribution in [1.29, 1.82) is 0 Å². The molecule has 0 aromatic carbocycles. The van der Waals surface area contributed by atoms with E-state index in [1.165, 1.54) is 12.2 Å². The van der Waals surface area contributed by atoms with Gasteiger partial charge in [-0.15, -0.1) is 0 Å². The molecule has 13 heavy (non-hydrogen) atoms. The molecule has 0 aliphatic rings. The molecule has 1 atom stereocenters. The number of carbonyl (C=O) groups excluding carboxylic acids is 1. The van der Waals surface area contributed by atoms with Crippen LogP contribution in [0.3, 0.4) is 0 Å².